The first kappa shape index (κ1) is 12.0. The molecule has 1 amide bonds. The minimum Gasteiger partial charge on any atom is -0.449 e. The molecule has 0 aliphatic heterocycles. The summed E-state index contributed by atoms with van der Waals surface area (Å²) < 4.78 is 4.74. The first-order chi connectivity index (χ1) is 8.70. The first-order valence-corrected chi connectivity index (χ1v) is 5.67. The lowest BCUT2D eigenvalue weighted by molar-refractivity contribution is 0.154. The number of hydrazine groups is 1. The largest absolute Gasteiger partial charge is 0.449 e. The standard InChI is InChI=1S/C13H15N3O2/c1-2-18-13(17)16-15-10-7-6-9-4-3-5-12(14)11(9)8-10/h3-8,15H,2,14H2,1H3,(H,16,17). The number of carbonyl (C=O) groups excluding carboxylic acids is 1. The van der Waals surface area contributed by atoms with E-state index in [1.54, 1.807) is 6.92 Å². The van der Waals surface area contributed by atoms with Crippen molar-refractivity contribution >= 4 is 28.2 Å². The molecule has 0 aliphatic rings. The van der Waals surface area contributed by atoms with Crippen LogP contribution in [-0.2, 0) is 4.74 Å². The lowest BCUT2D eigenvalue weighted by Crippen LogP contribution is -2.29. The number of nitrogens with one attached hydrogen (secondary N) is 2. The number of benzene rings is 2. The van der Waals surface area contributed by atoms with Gasteiger partial charge in [-0.1, -0.05) is 18.2 Å². The Bertz CT molecular complexity index is 569. The highest BCUT2D eigenvalue weighted by Gasteiger charge is 2.01. The SMILES string of the molecule is CCOC(=O)NNc1ccc2cccc(N)c2c1. The van der Waals surface area contributed by atoms with Gasteiger partial charge in [0.05, 0.1) is 12.3 Å². The summed E-state index contributed by atoms with van der Waals surface area (Å²) in [5, 5.41) is 1.99. The summed E-state index contributed by atoms with van der Waals surface area (Å²) in [7, 11) is 0. The van der Waals surface area contributed by atoms with Crippen LogP contribution in [0.5, 0.6) is 0 Å². The first-order valence-electron chi connectivity index (χ1n) is 5.67. The molecule has 94 valence electrons. The number of anilines is 2. The van der Waals surface area contributed by atoms with Gasteiger partial charge in [0.2, 0.25) is 0 Å². The highest BCUT2D eigenvalue weighted by molar-refractivity contribution is 5.95. The number of nitrogens with two attached hydrogens (primary N) is 1. The maximum atomic E-state index is 11.1. The Morgan fingerprint density at radius 3 is 2.94 bits per heavy atom. The van der Waals surface area contributed by atoms with Crippen LogP contribution in [0, 0.1) is 0 Å². The van der Waals surface area contributed by atoms with E-state index >= 15 is 0 Å². The van der Waals surface area contributed by atoms with Crippen LogP contribution in [0.3, 0.4) is 0 Å². The van der Waals surface area contributed by atoms with E-state index in [0.717, 1.165) is 16.5 Å². The molecule has 0 saturated heterocycles. The highest BCUT2D eigenvalue weighted by atomic mass is 16.5. The molecule has 2 aromatic carbocycles. The summed E-state index contributed by atoms with van der Waals surface area (Å²) in [6.07, 6.45) is -0.515. The van der Waals surface area contributed by atoms with Crippen molar-refractivity contribution in [3.63, 3.8) is 0 Å². The van der Waals surface area contributed by atoms with E-state index in [4.69, 9.17) is 10.5 Å². The number of carbonyl (C=O) groups is 1. The zero-order valence-corrected chi connectivity index (χ0v) is 10.1. The van der Waals surface area contributed by atoms with Crippen LogP contribution in [0.1, 0.15) is 6.92 Å². The molecule has 0 saturated carbocycles. The van der Waals surface area contributed by atoms with Crippen molar-refractivity contribution in [2.45, 2.75) is 6.92 Å². The van der Waals surface area contributed by atoms with E-state index in [2.05, 4.69) is 10.9 Å². The van der Waals surface area contributed by atoms with Gasteiger partial charge in [-0.05, 0) is 30.5 Å². The van der Waals surface area contributed by atoms with E-state index in [1.807, 2.05) is 36.4 Å². The fourth-order valence-corrected chi connectivity index (χ4v) is 1.66. The molecular weight excluding hydrogens is 230 g/mol. The van der Waals surface area contributed by atoms with E-state index in [0.29, 0.717) is 12.3 Å². The van der Waals surface area contributed by atoms with E-state index in [9.17, 15) is 4.79 Å². The molecule has 0 bridgehead atoms. The van der Waals surface area contributed by atoms with Gasteiger partial charge in [0.25, 0.3) is 0 Å². The molecule has 0 spiro atoms. The van der Waals surface area contributed by atoms with Crippen molar-refractivity contribution in [3.8, 4) is 0 Å². The van der Waals surface area contributed by atoms with Crippen molar-refractivity contribution in [2.75, 3.05) is 17.8 Å². The second-order valence-electron chi connectivity index (χ2n) is 3.75. The molecule has 0 unspecified atom stereocenters. The number of fused-ring (bicyclic) bond motifs is 1. The molecule has 5 nitrogen and oxygen atoms in total. The lowest BCUT2D eigenvalue weighted by Gasteiger charge is -2.09. The summed E-state index contributed by atoms with van der Waals surface area (Å²) in [6.45, 7) is 2.08. The van der Waals surface area contributed by atoms with Crippen LogP contribution in [-0.4, -0.2) is 12.7 Å². The van der Waals surface area contributed by atoms with Crippen LogP contribution in [0.2, 0.25) is 0 Å². The number of ether oxygens (including phenoxy) is 1. The minimum absolute atomic E-state index is 0.332. The molecule has 4 N–H and O–H groups in total. The van der Waals surface area contributed by atoms with Gasteiger partial charge < -0.3 is 10.5 Å². The van der Waals surface area contributed by atoms with Gasteiger partial charge in [0.1, 0.15) is 0 Å². The molecule has 2 aromatic rings. The zero-order chi connectivity index (χ0) is 13.0. The third-order valence-corrected chi connectivity index (χ3v) is 2.50. The second-order valence-corrected chi connectivity index (χ2v) is 3.75. The minimum atomic E-state index is -0.515. The van der Waals surface area contributed by atoms with E-state index < -0.39 is 6.09 Å². The van der Waals surface area contributed by atoms with Gasteiger partial charge in [-0.2, -0.15) is 0 Å². The predicted octanol–water partition coefficient (Wildman–Crippen LogP) is 2.50. The van der Waals surface area contributed by atoms with Crippen molar-refractivity contribution in [1.82, 2.24) is 5.43 Å². The number of hydrogen-bond donors (Lipinski definition) is 3. The molecule has 0 fully saturated rings. The maximum Gasteiger partial charge on any atom is 0.425 e. The Hall–Kier alpha value is -2.43. The third-order valence-electron chi connectivity index (χ3n) is 2.50. The Labute approximate surface area is 105 Å². The molecular formula is C13H15N3O2. The maximum absolute atomic E-state index is 11.1. The lowest BCUT2D eigenvalue weighted by atomic mass is 10.1. The zero-order valence-electron chi connectivity index (χ0n) is 10.1. The quantitative estimate of drug-likeness (QED) is 0.573. The Morgan fingerprint density at radius 1 is 1.33 bits per heavy atom. The molecule has 0 atom stereocenters. The van der Waals surface area contributed by atoms with Gasteiger partial charge in [-0.3, -0.25) is 5.43 Å². The summed E-state index contributed by atoms with van der Waals surface area (Å²) in [6, 6.07) is 11.4. The van der Waals surface area contributed by atoms with Crippen LogP contribution < -0.4 is 16.6 Å². The number of rotatable bonds is 3. The normalized spacial score (nSPS) is 10.1. The van der Waals surface area contributed by atoms with Crippen LogP contribution >= 0.6 is 0 Å². The van der Waals surface area contributed by atoms with E-state index in [1.165, 1.54) is 0 Å². The summed E-state index contributed by atoms with van der Waals surface area (Å²) in [5.74, 6) is 0. The molecule has 0 aromatic heterocycles. The topological polar surface area (TPSA) is 76.4 Å². The Morgan fingerprint density at radius 2 is 2.17 bits per heavy atom. The summed E-state index contributed by atoms with van der Waals surface area (Å²) in [4.78, 5) is 11.1. The summed E-state index contributed by atoms with van der Waals surface area (Å²) >= 11 is 0. The van der Waals surface area contributed by atoms with Gasteiger partial charge in [0.15, 0.2) is 0 Å². The number of nitrogen functional groups attached to an aromatic ring is 1. The number of amides is 1. The fraction of sp³-hybridized carbons (Fsp3) is 0.154. The average Bonchev–Trinajstić information content (AvgIpc) is 2.37. The number of hydrogen-bond acceptors (Lipinski definition) is 4. The summed E-state index contributed by atoms with van der Waals surface area (Å²) in [5.41, 5.74) is 12.5. The van der Waals surface area contributed by atoms with E-state index in [-0.39, 0.29) is 0 Å². The molecule has 18 heavy (non-hydrogen) atoms. The van der Waals surface area contributed by atoms with Crippen LogP contribution in [0.25, 0.3) is 10.8 Å². The Kier molecular flexibility index (Phi) is 3.52. The Balaban J connectivity index is 2.15. The van der Waals surface area contributed by atoms with Crippen LogP contribution in [0.4, 0.5) is 16.2 Å². The average molecular weight is 245 g/mol. The van der Waals surface area contributed by atoms with Crippen molar-refractivity contribution in [1.29, 1.82) is 0 Å². The van der Waals surface area contributed by atoms with Gasteiger partial charge in [-0.15, -0.1) is 0 Å². The molecule has 0 heterocycles. The second kappa shape index (κ2) is 5.27. The molecule has 5 heteroatoms. The molecule has 0 radical (unpaired) electrons. The van der Waals surface area contributed by atoms with Gasteiger partial charge >= 0.3 is 6.09 Å². The smallest absolute Gasteiger partial charge is 0.425 e. The van der Waals surface area contributed by atoms with Crippen LogP contribution in [0.15, 0.2) is 36.4 Å². The predicted molar refractivity (Wildman–Crippen MR) is 72.1 cm³/mol. The third kappa shape index (κ3) is 2.63. The van der Waals surface area contributed by atoms with Gasteiger partial charge in [0, 0.05) is 11.1 Å². The van der Waals surface area contributed by atoms with Gasteiger partial charge in [-0.25, -0.2) is 10.2 Å². The monoisotopic (exact) mass is 245 g/mol. The van der Waals surface area contributed by atoms with Crippen molar-refractivity contribution < 1.29 is 9.53 Å². The molecule has 0 aliphatic carbocycles. The van der Waals surface area contributed by atoms with Crippen molar-refractivity contribution in [3.05, 3.63) is 36.4 Å². The van der Waals surface area contributed by atoms with Crippen molar-refractivity contribution in [2.24, 2.45) is 0 Å². The fourth-order valence-electron chi connectivity index (χ4n) is 1.66. The molecule has 2 rings (SSSR count). The highest BCUT2D eigenvalue weighted by Crippen LogP contribution is 2.23.